The molecule has 19 heteroatoms. The van der Waals surface area contributed by atoms with Crippen LogP contribution in [0.25, 0.3) is 0 Å². The number of nitrogens with one attached hydrogen (secondary N) is 1. The molecule has 0 saturated carbocycles. The summed E-state index contributed by atoms with van der Waals surface area (Å²) in [6.07, 6.45) is 61.4. The molecule has 0 aromatic carbocycles. The summed E-state index contributed by atoms with van der Waals surface area (Å²) in [7, 11) is 0. The molecular weight excluding hydrogens is 1300 g/mol. The Hall–Kier alpha value is -4.07. The number of aliphatic hydroxyl groups excluding tert-OH is 11. The number of hydrogen-bond acceptors (Lipinski definition) is 18. The standard InChI is InChI=1S/C83H139NO18/c1-3-5-7-9-11-13-15-17-19-21-23-25-26-27-28-29-30-31-32-33-34-35-36-37-38-39-40-41-43-45-47-49-51-53-55-57-59-61-71(89)84-66(67(88)60-58-56-54-52-50-48-46-44-42-24-22-20-18-16-14-12-10-8-6-4-2)65-97-81-77(95)74(92)79(69(63-86)99-81)102-83-78(96)75(93)80(70(64-87)100-83)101-82-76(94)73(91)72(90)68(62-85)98-82/h5,7,11,13,17,19,23,25,27-28,30-31,33-34,36-37,39-40,50,52,58,60,66-70,72-83,85-88,90-96H,3-4,6,8-10,12,14-16,18,20-22,24,26,29,32,35,38,41-49,51,53-57,59,61-65H2,1-2H3,(H,84,89)/b7-5-,13-11-,19-17-,25-23-,28-27-,31-30-,34-33-,37-36-,40-39-,52-50+,60-58+. The fourth-order valence-electron chi connectivity index (χ4n) is 12.4. The molecule has 0 aromatic heterocycles. The fourth-order valence-corrected chi connectivity index (χ4v) is 12.4. The van der Waals surface area contributed by atoms with Crippen LogP contribution in [0.15, 0.2) is 134 Å². The largest absolute Gasteiger partial charge is 0.394 e. The van der Waals surface area contributed by atoms with Crippen molar-refractivity contribution in [2.75, 3.05) is 26.4 Å². The lowest BCUT2D eigenvalue weighted by Gasteiger charge is -2.48. The van der Waals surface area contributed by atoms with E-state index in [2.05, 4.69) is 141 Å². The average molecular weight is 1440 g/mol. The Kier molecular flexibility index (Phi) is 56.0. The van der Waals surface area contributed by atoms with E-state index >= 15 is 0 Å². The van der Waals surface area contributed by atoms with E-state index in [-0.39, 0.29) is 18.9 Å². The van der Waals surface area contributed by atoms with Crippen LogP contribution in [0.1, 0.15) is 251 Å². The molecule has 1 amide bonds. The number of ether oxygens (including phenoxy) is 6. The van der Waals surface area contributed by atoms with Gasteiger partial charge < -0.3 is 89.9 Å². The second-order valence-corrected chi connectivity index (χ2v) is 27.4. The number of allylic oxidation sites excluding steroid dienone is 21. The molecule has 17 unspecified atom stereocenters. The van der Waals surface area contributed by atoms with E-state index in [1.165, 1.54) is 109 Å². The molecule has 0 bridgehead atoms. The van der Waals surface area contributed by atoms with E-state index in [9.17, 15) is 61.0 Å². The zero-order chi connectivity index (χ0) is 73.9. The van der Waals surface area contributed by atoms with E-state index in [1.807, 2.05) is 6.08 Å². The van der Waals surface area contributed by atoms with Gasteiger partial charge in [0.05, 0.1) is 38.6 Å². The smallest absolute Gasteiger partial charge is 0.220 e. The van der Waals surface area contributed by atoms with Gasteiger partial charge in [-0.05, 0) is 103 Å². The highest BCUT2D eigenvalue weighted by atomic mass is 16.8. The highest BCUT2D eigenvalue weighted by Crippen LogP contribution is 2.33. The Bertz CT molecular complexity index is 2370. The molecule has 102 heavy (non-hydrogen) atoms. The second-order valence-electron chi connectivity index (χ2n) is 27.4. The number of carbonyl (C=O) groups is 1. The van der Waals surface area contributed by atoms with Crippen LogP contribution in [0.2, 0.25) is 0 Å². The third kappa shape index (κ3) is 41.7. The summed E-state index contributed by atoms with van der Waals surface area (Å²) in [5.74, 6) is -0.296. The van der Waals surface area contributed by atoms with Gasteiger partial charge >= 0.3 is 0 Å². The van der Waals surface area contributed by atoms with Gasteiger partial charge in [-0.1, -0.05) is 276 Å². The van der Waals surface area contributed by atoms with Crippen molar-refractivity contribution < 1.29 is 89.4 Å². The lowest BCUT2D eigenvalue weighted by atomic mass is 9.96. The SMILES string of the molecule is CC/C=C\C/C=C\C/C=C\C/C=C\C/C=C\C/C=C\C/C=C\C/C=C\C/C=C\CCCCCCCCCCCC(=O)NC(COC1OC(CO)C(OC2OC(CO)C(OC3OC(CO)C(O)C(O)C3O)C(O)C2O)C(O)C1O)C(O)/C=C/CC/C=C/CCCCCCCCCCCCCCCC. The zero-order valence-electron chi connectivity index (χ0n) is 62.3. The summed E-state index contributed by atoms with van der Waals surface area (Å²) >= 11 is 0. The van der Waals surface area contributed by atoms with Gasteiger partial charge in [-0.15, -0.1) is 0 Å². The van der Waals surface area contributed by atoms with E-state index in [4.69, 9.17) is 28.4 Å². The molecular formula is C83H139NO18. The first-order valence-electron chi connectivity index (χ1n) is 39.4. The third-order valence-corrected chi connectivity index (χ3v) is 18.7. The lowest BCUT2D eigenvalue weighted by Crippen LogP contribution is -2.66. The predicted octanol–water partition coefficient (Wildman–Crippen LogP) is 12.9. The molecule has 12 N–H and O–H groups in total. The van der Waals surface area contributed by atoms with Gasteiger partial charge in [0.1, 0.15) is 73.2 Å². The molecule has 19 nitrogen and oxygen atoms in total. The third-order valence-electron chi connectivity index (χ3n) is 18.7. The Morgan fingerprint density at radius 1 is 0.363 bits per heavy atom. The van der Waals surface area contributed by atoms with Crippen LogP contribution in [-0.2, 0) is 33.2 Å². The summed E-state index contributed by atoms with van der Waals surface area (Å²) in [4.78, 5) is 13.5. The van der Waals surface area contributed by atoms with Crippen LogP contribution in [0.4, 0.5) is 0 Å². The van der Waals surface area contributed by atoms with Crippen molar-refractivity contribution in [1.82, 2.24) is 5.32 Å². The van der Waals surface area contributed by atoms with Gasteiger partial charge in [0.2, 0.25) is 5.91 Å². The van der Waals surface area contributed by atoms with Crippen LogP contribution in [-0.4, -0.2) is 193 Å². The van der Waals surface area contributed by atoms with Crippen LogP contribution in [0.3, 0.4) is 0 Å². The number of carbonyl (C=O) groups excluding carboxylic acids is 1. The van der Waals surface area contributed by atoms with Crippen molar-refractivity contribution in [1.29, 1.82) is 0 Å². The molecule has 17 atom stereocenters. The average Bonchev–Trinajstić information content (AvgIpc) is 0.778. The summed E-state index contributed by atoms with van der Waals surface area (Å²) in [5.41, 5.74) is 0. The molecule has 3 rings (SSSR count). The molecule has 3 saturated heterocycles. The molecule has 0 aromatic rings. The second kappa shape index (κ2) is 62.0. The molecule has 3 fully saturated rings. The van der Waals surface area contributed by atoms with Crippen molar-refractivity contribution in [3.63, 3.8) is 0 Å². The minimum Gasteiger partial charge on any atom is -0.394 e. The van der Waals surface area contributed by atoms with Gasteiger partial charge in [-0.25, -0.2) is 0 Å². The molecule has 3 aliphatic rings. The summed E-state index contributed by atoms with van der Waals surface area (Å²) in [6, 6.07) is -1.00. The topological polar surface area (TPSA) is 307 Å². The van der Waals surface area contributed by atoms with Crippen LogP contribution in [0.5, 0.6) is 0 Å². The number of hydrogen-bond donors (Lipinski definition) is 12. The van der Waals surface area contributed by atoms with E-state index in [1.54, 1.807) is 6.08 Å². The molecule has 584 valence electrons. The number of amides is 1. The van der Waals surface area contributed by atoms with Crippen molar-refractivity contribution in [3.05, 3.63) is 134 Å². The normalized spacial score (nSPS) is 26.9. The lowest BCUT2D eigenvalue weighted by molar-refractivity contribution is -0.379. The van der Waals surface area contributed by atoms with Gasteiger partial charge in [0, 0.05) is 6.42 Å². The van der Waals surface area contributed by atoms with E-state index < -0.39 is 124 Å². The maximum Gasteiger partial charge on any atom is 0.220 e. The molecule has 0 radical (unpaired) electrons. The van der Waals surface area contributed by atoms with E-state index in [0.717, 1.165) is 109 Å². The van der Waals surface area contributed by atoms with Gasteiger partial charge in [-0.2, -0.15) is 0 Å². The quantitative estimate of drug-likeness (QED) is 0.0199. The Labute approximate surface area is 613 Å². The van der Waals surface area contributed by atoms with Crippen molar-refractivity contribution in [2.24, 2.45) is 0 Å². The van der Waals surface area contributed by atoms with Crippen LogP contribution >= 0.6 is 0 Å². The van der Waals surface area contributed by atoms with Gasteiger partial charge in [0.25, 0.3) is 0 Å². The minimum absolute atomic E-state index is 0.220. The highest BCUT2D eigenvalue weighted by molar-refractivity contribution is 5.76. The summed E-state index contributed by atoms with van der Waals surface area (Å²) in [5, 5.41) is 121. The summed E-state index contributed by atoms with van der Waals surface area (Å²) in [6.45, 7) is 1.60. The van der Waals surface area contributed by atoms with Gasteiger partial charge in [0.15, 0.2) is 18.9 Å². The first kappa shape index (κ1) is 92.1. The first-order chi connectivity index (χ1) is 49.8. The Balaban J connectivity index is 1.38. The number of rotatable bonds is 60. The number of aliphatic hydroxyl groups is 11. The van der Waals surface area contributed by atoms with Crippen molar-refractivity contribution >= 4 is 5.91 Å². The zero-order valence-corrected chi connectivity index (χ0v) is 62.3. The number of unbranched alkanes of at least 4 members (excludes halogenated alkanes) is 24. The Morgan fingerprint density at radius 2 is 0.686 bits per heavy atom. The fraction of sp³-hybridized carbons (Fsp3) is 0.723. The highest BCUT2D eigenvalue weighted by Gasteiger charge is 2.53. The maximum absolute atomic E-state index is 13.5. The van der Waals surface area contributed by atoms with Crippen molar-refractivity contribution in [3.8, 4) is 0 Å². The molecule has 0 aliphatic carbocycles. The maximum atomic E-state index is 13.5. The predicted molar refractivity (Wildman–Crippen MR) is 406 cm³/mol. The monoisotopic (exact) mass is 1440 g/mol. The van der Waals surface area contributed by atoms with Gasteiger partial charge in [-0.3, -0.25) is 4.79 Å². The first-order valence-corrected chi connectivity index (χ1v) is 39.4. The molecule has 3 heterocycles. The van der Waals surface area contributed by atoms with Crippen LogP contribution in [0, 0.1) is 0 Å². The van der Waals surface area contributed by atoms with Crippen LogP contribution < -0.4 is 5.32 Å². The van der Waals surface area contributed by atoms with E-state index in [0.29, 0.717) is 12.8 Å². The van der Waals surface area contributed by atoms with Crippen molar-refractivity contribution in [2.45, 2.75) is 356 Å². The Morgan fingerprint density at radius 3 is 1.10 bits per heavy atom. The molecule has 0 spiro atoms. The molecule has 3 aliphatic heterocycles. The minimum atomic E-state index is -1.99. The summed E-state index contributed by atoms with van der Waals surface area (Å²) < 4.78 is 34.4.